The summed E-state index contributed by atoms with van der Waals surface area (Å²) in [6, 6.07) is 9.91. The molecule has 3 rings (SSSR count). The quantitative estimate of drug-likeness (QED) is 0.370. The van der Waals surface area contributed by atoms with Crippen LogP contribution in [0.2, 0.25) is 0 Å². The molecule has 0 radical (unpaired) electrons. The fourth-order valence-electron chi connectivity index (χ4n) is 4.43. The first-order valence-electron chi connectivity index (χ1n) is 12.0. The van der Waals surface area contributed by atoms with Crippen molar-refractivity contribution in [1.82, 2.24) is 5.32 Å². The van der Waals surface area contributed by atoms with E-state index in [9.17, 15) is 45.1 Å². The Morgan fingerprint density at radius 3 is 2.12 bits per heavy atom. The molecule has 1 heterocycles. The minimum absolute atomic E-state index is 0.0212. The van der Waals surface area contributed by atoms with Gasteiger partial charge in [-0.1, -0.05) is 30.3 Å². The summed E-state index contributed by atoms with van der Waals surface area (Å²) < 4.78 is 92.7. The van der Waals surface area contributed by atoms with Crippen LogP contribution in [0.5, 0.6) is 0 Å². The van der Waals surface area contributed by atoms with E-state index < -0.39 is 79.6 Å². The number of halogens is 7. The second-order valence-corrected chi connectivity index (χ2v) is 9.50. The van der Waals surface area contributed by atoms with Gasteiger partial charge in [0.25, 0.3) is 5.91 Å². The highest BCUT2D eigenvalue weighted by molar-refractivity contribution is 6.20. The van der Waals surface area contributed by atoms with Gasteiger partial charge in [0.2, 0.25) is 18.0 Å². The van der Waals surface area contributed by atoms with Crippen molar-refractivity contribution >= 4 is 29.1 Å². The average Bonchev–Trinajstić information content (AvgIpc) is 2.97. The van der Waals surface area contributed by atoms with Crippen molar-refractivity contribution in [3.05, 3.63) is 65.0 Å². The number of hydrogen-bond donors (Lipinski definition) is 3. The lowest BCUT2D eigenvalue weighted by Gasteiger charge is -2.33. The van der Waals surface area contributed by atoms with Gasteiger partial charge in [-0.2, -0.15) is 26.3 Å². The van der Waals surface area contributed by atoms with Crippen LogP contribution in [0.4, 0.5) is 36.4 Å². The van der Waals surface area contributed by atoms with Crippen molar-refractivity contribution in [3.8, 4) is 0 Å². The van der Waals surface area contributed by atoms with Crippen LogP contribution >= 0.6 is 0 Å². The summed E-state index contributed by atoms with van der Waals surface area (Å²) in [5.74, 6) is -4.37. The summed E-state index contributed by atoms with van der Waals surface area (Å²) >= 11 is 0. The molecule has 0 unspecified atom stereocenters. The van der Waals surface area contributed by atoms with Crippen LogP contribution < -0.4 is 16.4 Å². The van der Waals surface area contributed by atoms with Gasteiger partial charge in [0.1, 0.15) is 5.82 Å². The maximum absolute atomic E-state index is 14.1. The molecular weight excluding hydrogens is 549 g/mol. The number of amides is 3. The topological polar surface area (TPSA) is 114 Å². The van der Waals surface area contributed by atoms with Crippen LogP contribution in [0.3, 0.4) is 0 Å². The van der Waals surface area contributed by atoms with Gasteiger partial charge in [0.15, 0.2) is 0 Å². The number of aryl methyl sites for hydroxylation is 1. The highest BCUT2D eigenvalue weighted by atomic mass is 19.4. The van der Waals surface area contributed by atoms with E-state index in [1.807, 2.05) is 0 Å². The predicted molar refractivity (Wildman–Crippen MR) is 131 cm³/mol. The highest BCUT2D eigenvalue weighted by Crippen LogP contribution is 2.41. The number of primary amides is 1. The van der Waals surface area contributed by atoms with Crippen molar-refractivity contribution in [1.29, 1.82) is 0 Å². The van der Waals surface area contributed by atoms with E-state index in [4.69, 9.17) is 5.73 Å². The molecule has 14 heteroatoms. The molecule has 0 aliphatic carbocycles. The van der Waals surface area contributed by atoms with E-state index in [-0.39, 0.29) is 17.0 Å². The number of aliphatic imine (C=N–C) groups is 1. The number of carbonyl (C=O) groups is 3. The van der Waals surface area contributed by atoms with Gasteiger partial charge >= 0.3 is 12.4 Å². The lowest BCUT2D eigenvalue weighted by atomic mass is 9.74. The van der Waals surface area contributed by atoms with Crippen LogP contribution in [0.1, 0.15) is 48.8 Å². The number of carbonyl (C=O) groups excluding carboxylic acids is 3. The second kappa shape index (κ2) is 11.6. The molecule has 0 saturated carbocycles. The number of hydrogen-bond acceptors (Lipinski definition) is 4. The summed E-state index contributed by atoms with van der Waals surface area (Å²) in [5, 5.41) is 4.67. The molecule has 7 nitrogen and oxygen atoms in total. The van der Waals surface area contributed by atoms with Gasteiger partial charge in [0, 0.05) is 30.4 Å². The van der Waals surface area contributed by atoms with Gasteiger partial charge < -0.3 is 16.4 Å². The molecule has 0 saturated heterocycles. The first-order valence-corrected chi connectivity index (χ1v) is 12.0. The normalized spacial score (nSPS) is 15.9. The smallest absolute Gasteiger partial charge is 0.370 e. The number of benzene rings is 2. The third-order valence-electron chi connectivity index (χ3n) is 6.42. The second-order valence-electron chi connectivity index (χ2n) is 9.50. The molecular formula is C26H25F7N4O3. The van der Waals surface area contributed by atoms with Crippen molar-refractivity contribution < 1.29 is 45.1 Å². The van der Waals surface area contributed by atoms with Gasteiger partial charge in [-0.05, 0) is 37.5 Å². The minimum Gasteiger partial charge on any atom is -0.370 e. The third kappa shape index (κ3) is 7.79. The molecule has 0 bridgehead atoms. The minimum atomic E-state index is -4.87. The van der Waals surface area contributed by atoms with Gasteiger partial charge in [-0.15, -0.1) is 0 Å². The van der Waals surface area contributed by atoms with Crippen molar-refractivity contribution in [2.75, 3.05) is 5.32 Å². The number of para-hydroxylation sites is 1. The Kier molecular flexibility index (Phi) is 8.90. The lowest BCUT2D eigenvalue weighted by Crippen LogP contribution is -2.51. The average molecular weight is 574 g/mol. The van der Waals surface area contributed by atoms with E-state index in [0.29, 0.717) is 11.1 Å². The van der Waals surface area contributed by atoms with Crippen LogP contribution in [-0.2, 0) is 14.4 Å². The SMILES string of the molecule is Cc1cccc2c1NC(=O)[C@@H](NC(=O)C(CCC(F)(F)F)(CCC(F)(F)F)CC(N)=O)N=C2c1cccc(F)c1. The standard InChI is InChI=1S/C26H25F7N4O3/c1-14-4-2-7-17-19(14)36-22(39)21(35-20(17)15-5-3-6-16(27)12-15)37-23(40)24(13-18(34)38,8-10-25(28,29)30)9-11-26(31,32)33/h2-7,12,21H,8-11,13H2,1H3,(H2,34,38)(H,36,39)(H,37,40)/t21-/m1/s1. The zero-order valence-electron chi connectivity index (χ0n) is 21.0. The summed E-state index contributed by atoms with van der Waals surface area (Å²) in [6.45, 7) is 1.65. The van der Waals surface area contributed by atoms with Crippen molar-refractivity contribution in [2.24, 2.45) is 16.1 Å². The summed E-state index contributed by atoms with van der Waals surface area (Å²) in [5.41, 5.74) is 3.93. The number of fused-ring (bicyclic) bond motifs is 1. The molecule has 1 aliphatic heterocycles. The number of nitrogens with one attached hydrogen (secondary N) is 2. The Balaban J connectivity index is 2.09. The van der Waals surface area contributed by atoms with Crippen LogP contribution in [-0.4, -0.2) is 42.0 Å². The third-order valence-corrected chi connectivity index (χ3v) is 6.42. The molecule has 0 fully saturated rings. The van der Waals surface area contributed by atoms with Crippen molar-refractivity contribution in [2.45, 2.75) is 57.5 Å². The largest absolute Gasteiger partial charge is 0.389 e. The fourth-order valence-corrected chi connectivity index (χ4v) is 4.43. The molecule has 2 aromatic carbocycles. The summed E-state index contributed by atoms with van der Waals surface area (Å²) in [4.78, 5) is 42.6. The first kappa shape index (κ1) is 30.6. The number of nitrogens with two attached hydrogens (primary N) is 1. The van der Waals surface area contributed by atoms with Gasteiger partial charge in [0.05, 0.1) is 16.8 Å². The maximum Gasteiger partial charge on any atom is 0.389 e. The number of nitrogens with zero attached hydrogens (tertiary/aromatic N) is 1. The lowest BCUT2D eigenvalue weighted by molar-refractivity contribution is -0.160. The van der Waals surface area contributed by atoms with Crippen LogP contribution in [0, 0.1) is 18.2 Å². The Labute approximate surface area is 224 Å². The zero-order chi connectivity index (χ0) is 29.9. The Morgan fingerprint density at radius 2 is 1.57 bits per heavy atom. The van der Waals surface area contributed by atoms with E-state index in [2.05, 4.69) is 15.6 Å². The monoisotopic (exact) mass is 574 g/mol. The number of benzodiazepines with no additional fused rings is 1. The van der Waals surface area contributed by atoms with E-state index in [1.165, 1.54) is 12.1 Å². The first-order chi connectivity index (χ1) is 18.5. The molecule has 2 aromatic rings. The van der Waals surface area contributed by atoms with Crippen LogP contribution in [0.25, 0.3) is 0 Å². The van der Waals surface area contributed by atoms with E-state index >= 15 is 0 Å². The van der Waals surface area contributed by atoms with E-state index in [1.54, 1.807) is 25.1 Å². The predicted octanol–water partition coefficient (Wildman–Crippen LogP) is 4.91. The van der Waals surface area contributed by atoms with Crippen LogP contribution in [0.15, 0.2) is 47.5 Å². The molecule has 40 heavy (non-hydrogen) atoms. The molecule has 0 aromatic heterocycles. The molecule has 0 spiro atoms. The number of anilines is 1. The number of alkyl halides is 6. The Morgan fingerprint density at radius 1 is 0.975 bits per heavy atom. The molecule has 216 valence electrons. The Hall–Kier alpha value is -3.97. The number of rotatable bonds is 9. The van der Waals surface area contributed by atoms with Crippen molar-refractivity contribution in [3.63, 3.8) is 0 Å². The van der Waals surface area contributed by atoms with Gasteiger partial charge in [-0.25, -0.2) is 9.38 Å². The Bertz CT molecular complexity index is 1300. The molecule has 3 amide bonds. The maximum atomic E-state index is 14.1. The zero-order valence-corrected chi connectivity index (χ0v) is 21.0. The highest BCUT2D eigenvalue weighted by Gasteiger charge is 2.46. The fraction of sp³-hybridized carbons (Fsp3) is 0.385. The summed E-state index contributed by atoms with van der Waals surface area (Å²) in [6.07, 6.45) is -18.5. The van der Waals surface area contributed by atoms with E-state index in [0.717, 1.165) is 12.1 Å². The molecule has 1 aliphatic rings. The molecule has 1 atom stereocenters. The van der Waals surface area contributed by atoms with Gasteiger partial charge in [-0.3, -0.25) is 14.4 Å². The summed E-state index contributed by atoms with van der Waals surface area (Å²) in [7, 11) is 0. The molecule has 4 N–H and O–H groups in total.